The van der Waals surface area contributed by atoms with Gasteiger partial charge in [-0.3, -0.25) is 4.79 Å². The Morgan fingerprint density at radius 1 is 1.15 bits per heavy atom. The van der Waals surface area contributed by atoms with Gasteiger partial charge in [-0.1, -0.05) is 12.1 Å². The molecular weight excluding hydrogens is 332 g/mol. The molecular formula is C19H20N4O3. The average Bonchev–Trinajstić information content (AvgIpc) is 3.22. The summed E-state index contributed by atoms with van der Waals surface area (Å²) in [5, 5.41) is 4.23. The number of hydrogen-bond acceptors (Lipinski definition) is 5. The monoisotopic (exact) mass is 352 g/mol. The molecule has 0 spiro atoms. The summed E-state index contributed by atoms with van der Waals surface area (Å²) in [5.41, 5.74) is 2.32. The van der Waals surface area contributed by atoms with Gasteiger partial charge in [0, 0.05) is 32.1 Å². The first-order valence-corrected chi connectivity index (χ1v) is 8.06. The molecule has 0 radical (unpaired) electrons. The fourth-order valence-electron chi connectivity index (χ4n) is 2.63. The summed E-state index contributed by atoms with van der Waals surface area (Å²) < 4.78 is 12.1. The van der Waals surface area contributed by atoms with Crippen LogP contribution in [-0.4, -0.2) is 46.8 Å². The van der Waals surface area contributed by atoms with Crippen molar-refractivity contribution >= 4 is 5.91 Å². The molecule has 7 heteroatoms. The van der Waals surface area contributed by atoms with Gasteiger partial charge in [0.2, 0.25) is 11.8 Å². The highest BCUT2D eigenvalue weighted by molar-refractivity contribution is 5.96. The molecule has 0 N–H and O–H groups in total. The van der Waals surface area contributed by atoms with Crippen LogP contribution in [0.1, 0.15) is 15.9 Å². The Kier molecular flexibility index (Phi) is 5.17. The van der Waals surface area contributed by atoms with Crippen LogP contribution in [0.25, 0.3) is 5.69 Å². The minimum atomic E-state index is -0.179. The number of methoxy groups -OCH3 is 2. The molecule has 1 aromatic carbocycles. The van der Waals surface area contributed by atoms with Crippen molar-refractivity contribution in [1.82, 2.24) is 19.7 Å². The summed E-state index contributed by atoms with van der Waals surface area (Å²) in [5.74, 6) is 0.459. The van der Waals surface area contributed by atoms with E-state index in [1.165, 1.54) is 14.2 Å². The molecule has 134 valence electrons. The standard InChI is InChI=1S/C19H20N4O3/c1-22(19(24)16-8-9-17(25-2)21-18(16)26-3)13-14-6-4-7-15(12-14)23-11-5-10-20-23/h4-12H,13H2,1-3H3. The lowest BCUT2D eigenvalue weighted by Gasteiger charge is -2.19. The Balaban J connectivity index is 1.79. The zero-order valence-electron chi connectivity index (χ0n) is 14.9. The minimum absolute atomic E-state index is 0.179. The van der Waals surface area contributed by atoms with Crippen molar-refractivity contribution in [2.24, 2.45) is 0 Å². The van der Waals surface area contributed by atoms with E-state index in [0.29, 0.717) is 18.0 Å². The topological polar surface area (TPSA) is 69.5 Å². The highest BCUT2D eigenvalue weighted by Crippen LogP contribution is 2.22. The van der Waals surface area contributed by atoms with E-state index in [-0.39, 0.29) is 11.8 Å². The number of pyridine rings is 1. The number of amides is 1. The summed E-state index contributed by atoms with van der Waals surface area (Å²) in [6, 6.07) is 13.0. The second-order valence-corrected chi connectivity index (χ2v) is 5.69. The van der Waals surface area contributed by atoms with Crippen LogP contribution in [-0.2, 0) is 6.54 Å². The Morgan fingerprint density at radius 3 is 2.69 bits per heavy atom. The summed E-state index contributed by atoms with van der Waals surface area (Å²) in [4.78, 5) is 18.6. The van der Waals surface area contributed by atoms with Gasteiger partial charge in [0.15, 0.2) is 0 Å². The van der Waals surface area contributed by atoms with Crippen molar-refractivity contribution in [3.63, 3.8) is 0 Å². The van der Waals surface area contributed by atoms with E-state index in [4.69, 9.17) is 9.47 Å². The molecule has 2 aromatic heterocycles. The average molecular weight is 352 g/mol. The maximum absolute atomic E-state index is 12.8. The fraction of sp³-hybridized carbons (Fsp3) is 0.211. The van der Waals surface area contributed by atoms with E-state index in [2.05, 4.69) is 10.1 Å². The maximum Gasteiger partial charge on any atom is 0.259 e. The second kappa shape index (κ2) is 7.69. The van der Waals surface area contributed by atoms with E-state index in [1.54, 1.807) is 35.0 Å². The van der Waals surface area contributed by atoms with Crippen LogP contribution in [0.3, 0.4) is 0 Å². The van der Waals surface area contributed by atoms with Crippen LogP contribution < -0.4 is 9.47 Å². The second-order valence-electron chi connectivity index (χ2n) is 5.69. The summed E-state index contributed by atoms with van der Waals surface area (Å²) >= 11 is 0. The van der Waals surface area contributed by atoms with Crippen molar-refractivity contribution < 1.29 is 14.3 Å². The lowest BCUT2D eigenvalue weighted by atomic mass is 10.1. The van der Waals surface area contributed by atoms with Gasteiger partial charge in [-0.25, -0.2) is 4.68 Å². The molecule has 0 atom stereocenters. The quantitative estimate of drug-likeness (QED) is 0.682. The molecule has 0 saturated heterocycles. The number of aromatic nitrogens is 3. The molecule has 0 unspecified atom stereocenters. The number of benzene rings is 1. The van der Waals surface area contributed by atoms with Crippen molar-refractivity contribution in [1.29, 1.82) is 0 Å². The Morgan fingerprint density at radius 2 is 2.00 bits per heavy atom. The van der Waals surface area contributed by atoms with E-state index in [9.17, 15) is 4.79 Å². The zero-order chi connectivity index (χ0) is 18.5. The third-order valence-electron chi connectivity index (χ3n) is 3.91. The lowest BCUT2D eigenvalue weighted by molar-refractivity contribution is 0.0780. The third kappa shape index (κ3) is 3.66. The Bertz CT molecular complexity index is 894. The number of ether oxygens (including phenoxy) is 2. The van der Waals surface area contributed by atoms with Gasteiger partial charge >= 0.3 is 0 Å². The molecule has 2 heterocycles. The molecule has 0 fully saturated rings. The number of hydrogen-bond donors (Lipinski definition) is 0. The summed E-state index contributed by atoms with van der Waals surface area (Å²) in [7, 11) is 4.74. The van der Waals surface area contributed by atoms with Crippen LogP contribution in [0, 0.1) is 0 Å². The molecule has 0 saturated carbocycles. The van der Waals surface area contributed by atoms with Gasteiger partial charge in [0.05, 0.1) is 19.9 Å². The van der Waals surface area contributed by atoms with Gasteiger partial charge < -0.3 is 14.4 Å². The van der Waals surface area contributed by atoms with Crippen molar-refractivity contribution in [3.8, 4) is 17.4 Å². The highest BCUT2D eigenvalue weighted by atomic mass is 16.5. The first-order chi connectivity index (χ1) is 12.6. The molecule has 0 aliphatic heterocycles. The largest absolute Gasteiger partial charge is 0.481 e. The molecule has 0 aliphatic carbocycles. The first kappa shape index (κ1) is 17.5. The molecule has 3 rings (SSSR count). The number of rotatable bonds is 6. The van der Waals surface area contributed by atoms with Crippen LogP contribution in [0.15, 0.2) is 54.9 Å². The van der Waals surface area contributed by atoms with E-state index < -0.39 is 0 Å². The number of carbonyl (C=O) groups is 1. The lowest BCUT2D eigenvalue weighted by Crippen LogP contribution is -2.27. The molecule has 0 aliphatic rings. The van der Waals surface area contributed by atoms with E-state index in [0.717, 1.165) is 11.3 Å². The molecule has 7 nitrogen and oxygen atoms in total. The molecule has 0 bridgehead atoms. The van der Waals surface area contributed by atoms with Gasteiger partial charge in [-0.2, -0.15) is 10.1 Å². The summed E-state index contributed by atoms with van der Waals surface area (Å²) in [6.45, 7) is 0.448. The maximum atomic E-state index is 12.8. The molecule has 26 heavy (non-hydrogen) atoms. The van der Waals surface area contributed by atoms with E-state index >= 15 is 0 Å². The predicted molar refractivity (Wildman–Crippen MR) is 96.7 cm³/mol. The molecule has 1 amide bonds. The number of nitrogens with zero attached hydrogens (tertiary/aromatic N) is 4. The minimum Gasteiger partial charge on any atom is -0.481 e. The van der Waals surface area contributed by atoms with Crippen LogP contribution in [0.2, 0.25) is 0 Å². The van der Waals surface area contributed by atoms with Crippen molar-refractivity contribution in [2.45, 2.75) is 6.54 Å². The van der Waals surface area contributed by atoms with Crippen LogP contribution in [0.4, 0.5) is 0 Å². The Hall–Kier alpha value is -3.35. The van der Waals surface area contributed by atoms with Crippen molar-refractivity contribution in [3.05, 3.63) is 66.0 Å². The number of carbonyl (C=O) groups excluding carboxylic acids is 1. The van der Waals surface area contributed by atoms with Gasteiger partial charge in [0.25, 0.3) is 5.91 Å². The van der Waals surface area contributed by atoms with Crippen LogP contribution in [0.5, 0.6) is 11.8 Å². The Labute approximate surface area is 151 Å². The zero-order valence-corrected chi connectivity index (χ0v) is 14.9. The smallest absolute Gasteiger partial charge is 0.259 e. The van der Waals surface area contributed by atoms with Gasteiger partial charge in [-0.05, 0) is 29.8 Å². The summed E-state index contributed by atoms with van der Waals surface area (Å²) in [6.07, 6.45) is 3.60. The third-order valence-corrected chi connectivity index (χ3v) is 3.91. The fourth-order valence-corrected chi connectivity index (χ4v) is 2.63. The van der Waals surface area contributed by atoms with Crippen molar-refractivity contribution in [2.75, 3.05) is 21.3 Å². The highest BCUT2D eigenvalue weighted by Gasteiger charge is 2.19. The predicted octanol–water partition coefficient (Wildman–Crippen LogP) is 2.56. The first-order valence-electron chi connectivity index (χ1n) is 8.06. The SMILES string of the molecule is COc1ccc(C(=O)N(C)Cc2cccc(-n3cccn3)c2)c(OC)n1. The van der Waals surface area contributed by atoms with Crippen LogP contribution >= 0.6 is 0 Å². The normalized spacial score (nSPS) is 10.4. The van der Waals surface area contributed by atoms with Gasteiger partial charge in [-0.15, -0.1) is 0 Å². The van der Waals surface area contributed by atoms with Gasteiger partial charge in [0.1, 0.15) is 5.56 Å². The van der Waals surface area contributed by atoms with E-state index in [1.807, 2.05) is 36.5 Å². The molecule has 3 aromatic rings.